The van der Waals surface area contributed by atoms with Crippen LogP contribution in [-0.2, 0) is 0 Å². The van der Waals surface area contributed by atoms with E-state index in [0.29, 0.717) is 28.2 Å². The van der Waals surface area contributed by atoms with Gasteiger partial charge in [0.1, 0.15) is 5.75 Å². The molecule has 0 fully saturated rings. The van der Waals surface area contributed by atoms with Gasteiger partial charge < -0.3 is 9.84 Å². The van der Waals surface area contributed by atoms with E-state index in [1.807, 2.05) is 12.1 Å². The van der Waals surface area contributed by atoms with Crippen LogP contribution in [0.15, 0.2) is 47.4 Å². The molecule has 6 heteroatoms. The summed E-state index contributed by atoms with van der Waals surface area (Å²) in [6.07, 6.45) is 0. The molecule has 0 aromatic heterocycles. The number of benzene rings is 2. The molecule has 0 unspecified atom stereocenters. The smallest absolute Gasteiger partial charge is 0.335 e. The third-order valence-electron chi connectivity index (χ3n) is 2.61. The Morgan fingerprint density at radius 3 is 2.71 bits per heavy atom. The van der Waals surface area contributed by atoms with Crippen molar-refractivity contribution in [1.82, 2.24) is 0 Å². The van der Waals surface area contributed by atoms with E-state index in [9.17, 15) is 4.79 Å². The fourth-order valence-electron chi connectivity index (χ4n) is 1.63. The molecule has 21 heavy (non-hydrogen) atoms. The first-order valence-corrected chi connectivity index (χ1v) is 7.85. The Labute approximate surface area is 136 Å². The summed E-state index contributed by atoms with van der Waals surface area (Å²) in [7, 11) is 0. The van der Waals surface area contributed by atoms with E-state index in [4.69, 9.17) is 33.0 Å². The van der Waals surface area contributed by atoms with Crippen LogP contribution >= 0.6 is 35.0 Å². The molecule has 0 bridgehead atoms. The van der Waals surface area contributed by atoms with Crippen molar-refractivity contribution >= 4 is 40.9 Å². The summed E-state index contributed by atoms with van der Waals surface area (Å²) in [6, 6.07) is 11.9. The number of carboxylic acid groups (broad SMARTS) is 1. The second kappa shape index (κ2) is 7.59. The number of carboxylic acids is 1. The van der Waals surface area contributed by atoms with E-state index >= 15 is 0 Å². The number of hydrogen-bond acceptors (Lipinski definition) is 3. The Kier molecular flexibility index (Phi) is 5.79. The topological polar surface area (TPSA) is 46.5 Å². The molecule has 0 spiro atoms. The number of rotatable bonds is 6. The number of hydrogen-bond donors (Lipinski definition) is 1. The molecule has 0 aliphatic heterocycles. The van der Waals surface area contributed by atoms with Crippen molar-refractivity contribution in [2.24, 2.45) is 0 Å². The van der Waals surface area contributed by atoms with E-state index in [1.165, 1.54) is 23.9 Å². The summed E-state index contributed by atoms with van der Waals surface area (Å²) < 4.78 is 5.53. The van der Waals surface area contributed by atoms with E-state index in [1.54, 1.807) is 18.2 Å². The van der Waals surface area contributed by atoms with Gasteiger partial charge in [-0.1, -0.05) is 35.3 Å². The molecule has 0 saturated carbocycles. The largest absolute Gasteiger partial charge is 0.493 e. The highest BCUT2D eigenvalue weighted by Gasteiger charge is 2.06. The van der Waals surface area contributed by atoms with Crippen molar-refractivity contribution in [3.63, 3.8) is 0 Å². The second-order valence-electron chi connectivity index (χ2n) is 4.08. The van der Waals surface area contributed by atoms with Crippen molar-refractivity contribution < 1.29 is 14.6 Å². The summed E-state index contributed by atoms with van der Waals surface area (Å²) in [5.74, 6) is 0.241. The highest BCUT2D eigenvalue weighted by molar-refractivity contribution is 7.99. The predicted octanol–water partition coefficient (Wildman–Crippen LogP) is 4.86. The van der Waals surface area contributed by atoms with Crippen LogP contribution in [0.25, 0.3) is 0 Å². The average Bonchev–Trinajstić information content (AvgIpc) is 2.48. The molecule has 0 amide bonds. The highest BCUT2D eigenvalue weighted by atomic mass is 35.5. The van der Waals surface area contributed by atoms with Crippen LogP contribution in [0.3, 0.4) is 0 Å². The molecule has 110 valence electrons. The minimum Gasteiger partial charge on any atom is -0.493 e. The molecule has 0 atom stereocenters. The quantitative estimate of drug-likeness (QED) is 0.601. The molecule has 2 rings (SSSR count). The van der Waals surface area contributed by atoms with Gasteiger partial charge in [0.2, 0.25) is 0 Å². The lowest BCUT2D eigenvalue weighted by Gasteiger charge is -2.08. The van der Waals surface area contributed by atoms with E-state index in [0.717, 1.165) is 4.90 Å². The van der Waals surface area contributed by atoms with Crippen LogP contribution in [0, 0.1) is 0 Å². The van der Waals surface area contributed by atoms with Gasteiger partial charge >= 0.3 is 5.97 Å². The van der Waals surface area contributed by atoms with Gasteiger partial charge in [-0.2, -0.15) is 0 Å². The molecule has 2 aromatic carbocycles. The zero-order valence-electron chi connectivity index (χ0n) is 10.9. The van der Waals surface area contributed by atoms with Crippen LogP contribution < -0.4 is 4.74 Å². The summed E-state index contributed by atoms with van der Waals surface area (Å²) in [5.41, 5.74) is 0.207. The number of carbonyl (C=O) groups is 1. The van der Waals surface area contributed by atoms with Crippen LogP contribution in [-0.4, -0.2) is 23.4 Å². The van der Waals surface area contributed by atoms with Gasteiger partial charge in [-0.05, 0) is 30.3 Å². The van der Waals surface area contributed by atoms with Gasteiger partial charge in [-0.15, -0.1) is 11.8 Å². The van der Waals surface area contributed by atoms with Crippen LogP contribution in [0.1, 0.15) is 10.4 Å². The first-order chi connectivity index (χ1) is 10.1. The van der Waals surface area contributed by atoms with E-state index in [2.05, 4.69) is 0 Å². The monoisotopic (exact) mass is 342 g/mol. The normalized spacial score (nSPS) is 10.4. The van der Waals surface area contributed by atoms with Crippen molar-refractivity contribution in [3.8, 4) is 5.75 Å². The second-order valence-corrected chi connectivity index (χ2v) is 6.00. The Morgan fingerprint density at radius 1 is 1.19 bits per heavy atom. The number of aromatic carboxylic acids is 1. The van der Waals surface area contributed by atoms with Crippen molar-refractivity contribution in [3.05, 3.63) is 58.1 Å². The Balaban J connectivity index is 1.86. The Hall–Kier alpha value is -1.36. The Bertz CT molecular complexity index is 647. The van der Waals surface area contributed by atoms with Crippen LogP contribution in [0.4, 0.5) is 0 Å². The minimum absolute atomic E-state index is 0.207. The molecule has 1 N–H and O–H groups in total. The molecular formula is C15H12Cl2O3S. The van der Waals surface area contributed by atoms with Gasteiger partial charge in [0.05, 0.1) is 22.2 Å². The summed E-state index contributed by atoms with van der Waals surface area (Å²) in [5, 5.41) is 9.96. The van der Waals surface area contributed by atoms with Gasteiger partial charge in [0, 0.05) is 10.6 Å². The molecule has 0 heterocycles. The average molecular weight is 343 g/mol. The number of ether oxygens (including phenoxy) is 1. The molecular weight excluding hydrogens is 331 g/mol. The molecule has 0 saturated heterocycles. The Morgan fingerprint density at radius 2 is 1.95 bits per heavy atom. The molecule has 2 aromatic rings. The zero-order chi connectivity index (χ0) is 15.2. The molecule has 0 aliphatic rings. The summed E-state index contributed by atoms with van der Waals surface area (Å²) >= 11 is 13.6. The molecule has 0 radical (unpaired) electrons. The fourth-order valence-corrected chi connectivity index (χ4v) is 2.94. The van der Waals surface area contributed by atoms with Crippen LogP contribution in [0.2, 0.25) is 10.0 Å². The van der Waals surface area contributed by atoms with Crippen molar-refractivity contribution in [2.45, 2.75) is 4.90 Å². The first-order valence-electron chi connectivity index (χ1n) is 6.11. The summed E-state index contributed by atoms with van der Waals surface area (Å²) in [6.45, 7) is 0.441. The standard InChI is InChI=1S/C15H12Cl2O3S/c16-12-5-2-6-13(14(12)17)21-8-7-20-11-4-1-3-10(9-11)15(18)19/h1-6,9H,7-8H2,(H,18,19). The number of halogens is 2. The number of thioether (sulfide) groups is 1. The fraction of sp³-hybridized carbons (Fsp3) is 0.133. The molecule has 3 nitrogen and oxygen atoms in total. The molecule has 0 aliphatic carbocycles. The third kappa shape index (κ3) is 4.56. The van der Waals surface area contributed by atoms with Crippen molar-refractivity contribution in [1.29, 1.82) is 0 Å². The highest BCUT2D eigenvalue weighted by Crippen LogP contribution is 2.32. The van der Waals surface area contributed by atoms with Gasteiger partial charge in [-0.3, -0.25) is 0 Å². The third-order valence-corrected chi connectivity index (χ3v) is 4.56. The van der Waals surface area contributed by atoms with Crippen LogP contribution in [0.5, 0.6) is 5.75 Å². The maximum atomic E-state index is 10.9. The lowest BCUT2D eigenvalue weighted by atomic mass is 10.2. The van der Waals surface area contributed by atoms with Gasteiger partial charge in [0.25, 0.3) is 0 Å². The van der Waals surface area contributed by atoms with Gasteiger partial charge in [0.15, 0.2) is 0 Å². The van der Waals surface area contributed by atoms with Gasteiger partial charge in [-0.25, -0.2) is 4.79 Å². The zero-order valence-corrected chi connectivity index (χ0v) is 13.2. The van der Waals surface area contributed by atoms with E-state index < -0.39 is 5.97 Å². The van der Waals surface area contributed by atoms with Crippen molar-refractivity contribution in [2.75, 3.05) is 12.4 Å². The predicted molar refractivity (Wildman–Crippen MR) is 86.1 cm³/mol. The minimum atomic E-state index is -0.972. The SMILES string of the molecule is O=C(O)c1cccc(OCCSc2cccc(Cl)c2Cl)c1. The maximum absolute atomic E-state index is 10.9. The lowest BCUT2D eigenvalue weighted by Crippen LogP contribution is -2.02. The lowest BCUT2D eigenvalue weighted by molar-refractivity contribution is 0.0696. The first kappa shape index (κ1) is 16.0. The summed E-state index contributed by atoms with van der Waals surface area (Å²) in [4.78, 5) is 11.7. The van der Waals surface area contributed by atoms with E-state index in [-0.39, 0.29) is 5.56 Å². The maximum Gasteiger partial charge on any atom is 0.335 e.